The van der Waals surface area contributed by atoms with E-state index >= 15 is 0 Å². The molecule has 1 saturated heterocycles. The predicted octanol–water partition coefficient (Wildman–Crippen LogP) is 1.74. The van der Waals surface area contributed by atoms with Gasteiger partial charge in [0.05, 0.1) is 10.9 Å². The number of para-hydroxylation sites is 1. The van der Waals surface area contributed by atoms with Crippen LogP contribution in [0.3, 0.4) is 0 Å². The fourth-order valence-corrected chi connectivity index (χ4v) is 3.92. The van der Waals surface area contributed by atoms with Gasteiger partial charge in [-0.05, 0) is 50.2 Å². The predicted molar refractivity (Wildman–Crippen MR) is 97.8 cm³/mol. The van der Waals surface area contributed by atoms with Crippen LogP contribution in [-0.4, -0.2) is 31.9 Å². The van der Waals surface area contributed by atoms with E-state index in [4.69, 9.17) is 4.74 Å². The van der Waals surface area contributed by atoms with Crippen LogP contribution < -0.4 is 20.1 Å². The quantitative estimate of drug-likeness (QED) is 0.651. The molecule has 0 aliphatic carbocycles. The third-order valence-electron chi connectivity index (χ3n) is 4.38. The number of nitrogens with one attached hydrogen (secondary N) is 3. The zero-order chi connectivity index (χ0) is 19.7. The highest BCUT2D eigenvalue weighted by Crippen LogP contribution is 2.23. The van der Waals surface area contributed by atoms with Gasteiger partial charge in [-0.25, -0.2) is 17.9 Å². The van der Waals surface area contributed by atoms with E-state index in [-0.39, 0.29) is 4.90 Å². The van der Waals surface area contributed by atoms with Gasteiger partial charge in [0.25, 0.3) is 5.91 Å². The van der Waals surface area contributed by atoms with Crippen LogP contribution >= 0.6 is 0 Å². The largest absolute Gasteiger partial charge is 0.457 e. The molecule has 2 atom stereocenters. The number of hydrogen-bond acceptors (Lipinski definition) is 5. The third-order valence-corrected chi connectivity index (χ3v) is 5.94. The highest BCUT2D eigenvalue weighted by Gasteiger charge is 2.47. The SMILES string of the molecule is C[C@@H](NS(=O)(=O)c1ccc(Oc2ccccc2)cc1)[C@@]1(C)NC(=O)NC1=O. The van der Waals surface area contributed by atoms with E-state index in [2.05, 4.69) is 15.4 Å². The Morgan fingerprint density at radius 3 is 2.15 bits per heavy atom. The number of benzene rings is 2. The van der Waals surface area contributed by atoms with Crippen LogP contribution in [0.15, 0.2) is 59.5 Å². The van der Waals surface area contributed by atoms with Crippen molar-refractivity contribution in [2.45, 2.75) is 30.3 Å². The zero-order valence-corrected chi connectivity index (χ0v) is 15.5. The summed E-state index contributed by atoms with van der Waals surface area (Å²) in [7, 11) is -3.90. The van der Waals surface area contributed by atoms with Gasteiger partial charge in [0, 0.05) is 0 Å². The lowest BCUT2D eigenvalue weighted by atomic mass is 9.95. The van der Waals surface area contributed by atoms with Crippen LogP contribution in [0.25, 0.3) is 0 Å². The van der Waals surface area contributed by atoms with Crippen molar-refractivity contribution in [2.75, 3.05) is 0 Å². The Kier molecular flexibility index (Phi) is 4.90. The summed E-state index contributed by atoms with van der Waals surface area (Å²) in [5.41, 5.74) is -1.37. The average molecular weight is 389 g/mol. The molecular formula is C18H19N3O5S. The molecule has 27 heavy (non-hydrogen) atoms. The molecule has 2 aromatic rings. The smallest absolute Gasteiger partial charge is 0.322 e. The summed E-state index contributed by atoms with van der Waals surface area (Å²) in [6, 6.07) is 13.5. The lowest BCUT2D eigenvalue weighted by molar-refractivity contribution is -0.124. The lowest BCUT2D eigenvalue weighted by Gasteiger charge is -2.28. The Morgan fingerprint density at radius 1 is 1.00 bits per heavy atom. The van der Waals surface area contributed by atoms with Crippen molar-refractivity contribution < 1.29 is 22.7 Å². The van der Waals surface area contributed by atoms with Crippen molar-refractivity contribution in [1.82, 2.24) is 15.4 Å². The van der Waals surface area contributed by atoms with E-state index < -0.39 is 33.5 Å². The Balaban J connectivity index is 1.73. The molecule has 3 N–H and O–H groups in total. The number of hydrogen-bond donors (Lipinski definition) is 3. The van der Waals surface area contributed by atoms with Crippen molar-refractivity contribution in [3.8, 4) is 11.5 Å². The first-order valence-electron chi connectivity index (χ1n) is 8.19. The van der Waals surface area contributed by atoms with Crippen LogP contribution in [0.2, 0.25) is 0 Å². The lowest BCUT2D eigenvalue weighted by Crippen LogP contribution is -2.59. The number of carbonyl (C=O) groups excluding carboxylic acids is 2. The Hall–Kier alpha value is -2.91. The Bertz CT molecular complexity index is 960. The number of carbonyl (C=O) groups is 2. The molecule has 1 fully saturated rings. The minimum atomic E-state index is -3.90. The molecule has 0 bridgehead atoms. The van der Waals surface area contributed by atoms with Crippen LogP contribution in [-0.2, 0) is 14.8 Å². The second kappa shape index (κ2) is 7.01. The Labute approximate surface area is 157 Å². The summed E-state index contributed by atoms with van der Waals surface area (Å²) in [6.45, 7) is 2.97. The molecule has 8 nitrogen and oxygen atoms in total. The second-order valence-electron chi connectivity index (χ2n) is 6.34. The number of ether oxygens (including phenoxy) is 1. The normalized spacial score (nSPS) is 20.7. The number of urea groups is 1. The fraction of sp³-hybridized carbons (Fsp3) is 0.222. The first-order chi connectivity index (χ1) is 12.7. The summed E-state index contributed by atoms with van der Waals surface area (Å²) in [5, 5.41) is 4.55. The summed E-state index contributed by atoms with van der Waals surface area (Å²) >= 11 is 0. The maximum atomic E-state index is 12.6. The van der Waals surface area contributed by atoms with Crippen molar-refractivity contribution in [2.24, 2.45) is 0 Å². The van der Waals surface area contributed by atoms with Gasteiger partial charge in [0.15, 0.2) is 0 Å². The highest BCUT2D eigenvalue weighted by molar-refractivity contribution is 7.89. The number of rotatable bonds is 6. The minimum Gasteiger partial charge on any atom is -0.457 e. The molecule has 0 aromatic heterocycles. The van der Waals surface area contributed by atoms with Gasteiger partial charge in [-0.1, -0.05) is 18.2 Å². The van der Waals surface area contributed by atoms with Gasteiger partial charge in [-0.15, -0.1) is 0 Å². The van der Waals surface area contributed by atoms with Gasteiger partial charge in [0.2, 0.25) is 10.0 Å². The fourth-order valence-electron chi connectivity index (χ4n) is 2.59. The first-order valence-corrected chi connectivity index (χ1v) is 9.68. The Morgan fingerprint density at radius 2 is 1.59 bits per heavy atom. The summed E-state index contributed by atoms with van der Waals surface area (Å²) in [4.78, 5) is 23.3. The van der Waals surface area contributed by atoms with Gasteiger partial charge < -0.3 is 10.1 Å². The van der Waals surface area contributed by atoms with E-state index in [0.717, 1.165) is 0 Å². The molecule has 142 valence electrons. The van der Waals surface area contributed by atoms with Crippen LogP contribution in [0.1, 0.15) is 13.8 Å². The van der Waals surface area contributed by atoms with E-state index in [1.54, 1.807) is 12.1 Å². The van der Waals surface area contributed by atoms with Gasteiger partial charge in [-0.2, -0.15) is 0 Å². The molecule has 0 unspecified atom stereocenters. The second-order valence-corrected chi connectivity index (χ2v) is 8.05. The molecule has 0 radical (unpaired) electrons. The van der Waals surface area contributed by atoms with Crippen LogP contribution in [0.5, 0.6) is 11.5 Å². The van der Waals surface area contributed by atoms with Crippen molar-refractivity contribution in [3.05, 3.63) is 54.6 Å². The molecule has 1 aliphatic rings. The van der Waals surface area contributed by atoms with E-state index in [1.807, 2.05) is 18.2 Å². The van der Waals surface area contributed by atoms with Gasteiger partial charge in [0.1, 0.15) is 17.0 Å². The minimum absolute atomic E-state index is 0.0168. The highest BCUT2D eigenvalue weighted by atomic mass is 32.2. The summed E-state index contributed by atoms with van der Waals surface area (Å²) < 4.78 is 33.3. The molecule has 0 spiro atoms. The molecule has 3 amide bonds. The molecule has 1 heterocycles. The van der Waals surface area contributed by atoms with Crippen LogP contribution in [0, 0.1) is 0 Å². The van der Waals surface area contributed by atoms with E-state index in [1.165, 1.54) is 38.1 Å². The molecular weight excluding hydrogens is 370 g/mol. The molecule has 3 rings (SSSR count). The third kappa shape index (κ3) is 3.93. The van der Waals surface area contributed by atoms with Crippen molar-refractivity contribution >= 4 is 22.0 Å². The zero-order valence-electron chi connectivity index (χ0n) is 14.7. The first kappa shape index (κ1) is 18.9. The van der Waals surface area contributed by atoms with E-state index in [9.17, 15) is 18.0 Å². The maximum absolute atomic E-state index is 12.6. The van der Waals surface area contributed by atoms with Crippen LogP contribution in [0.4, 0.5) is 4.79 Å². The number of sulfonamides is 1. The average Bonchev–Trinajstić information content (AvgIpc) is 2.89. The molecule has 9 heteroatoms. The van der Waals surface area contributed by atoms with Crippen molar-refractivity contribution in [1.29, 1.82) is 0 Å². The summed E-state index contributed by atoms with van der Waals surface area (Å²) in [5.74, 6) is 0.535. The van der Waals surface area contributed by atoms with Gasteiger partial charge >= 0.3 is 6.03 Å². The van der Waals surface area contributed by atoms with E-state index in [0.29, 0.717) is 11.5 Å². The van der Waals surface area contributed by atoms with Crippen molar-refractivity contribution in [3.63, 3.8) is 0 Å². The van der Waals surface area contributed by atoms with Gasteiger partial charge in [-0.3, -0.25) is 10.1 Å². The monoisotopic (exact) mass is 389 g/mol. The summed E-state index contributed by atoms with van der Waals surface area (Å²) in [6.07, 6.45) is 0. The standard InChI is InChI=1S/C18H19N3O5S/c1-12(18(2)16(22)19-17(23)20-18)21-27(24,25)15-10-8-14(9-11-15)26-13-6-4-3-5-7-13/h3-12,21H,1-2H3,(H2,19,20,22,23)/t12-,18-/m1/s1. The number of amides is 3. The molecule has 0 saturated carbocycles. The molecule has 1 aliphatic heterocycles. The number of imide groups is 1. The maximum Gasteiger partial charge on any atom is 0.322 e. The molecule has 2 aromatic carbocycles. The topological polar surface area (TPSA) is 114 Å².